The van der Waals surface area contributed by atoms with Gasteiger partial charge in [-0.15, -0.1) is 0 Å². The Morgan fingerprint density at radius 1 is 0.840 bits per heavy atom. The quantitative estimate of drug-likeness (QED) is 0.708. The van der Waals surface area contributed by atoms with Crippen molar-refractivity contribution in [3.05, 3.63) is 0 Å². The summed E-state index contributed by atoms with van der Waals surface area (Å²) in [5.74, 6) is 4.55. The van der Waals surface area contributed by atoms with Crippen molar-refractivity contribution in [1.82, 2.24) is 0 Å². The average Bonchev–Trinajstić information content (AvgIpc) is 3.02. The van der Waals surface area contributed by atoms with E-state index in [1.807, 2.05) is 7.11 Å². The Bertz CT molecular complexity index is 518. The molecule has 1 spiro atoms. The average molecular weight is 347 g/mol. The van der Waals surface area contributed by atoms with E-state index in [1.54, 1.807) is 0 Å². The molecule has 0 aromatic heterocycles. The van der Waals surface area contributed by atoms with Crippen LogP contribution in [0.15, 0.2) is 0 Å². The summed E-state index contributed by atoms with van der Waals surface area (Å²) in [5.41, 5.74) is 1.16. The maximum absolute atomic E-state index is 10.2. The van der Waals surface area contributed by atoms with Crippen LogP contribution in [-0.2, 0) is 4.74 Å². The summed E-state index contributed by atoms with van der Waals surface area (Å²) >= 11 is 0. The smallest absolute Gasteiger partial charge is 0.0604 e. The van der Waals surface area contributed by atoms with Crippen molar-refractivity contribution in [3.8, 4) is 0 Å². The number of ether oxygens (including phenoxy) is 1. The predicted molar refractivity (Wildman–Crippen MR) is 100 cm³/mol. The van der Waals surface area contributed by atoms with Gasteiger partial charge in [-0.05, 0) is 111 Å². The molecule has 0 aromatic rings. The summed E-state index contributed by atoms with van der Waals surface area (Å²) in [5, 5.41) is 10.2. The van der Waals surface area contributed by atoms with E-state index in [1.165, 1.54) is 64.2 Å². The van der Waals surface area contributed by atoms with Crippen molar-refractivity contribution >= 4 is 0 Å². The van der Waals surface area contributed by atoms with Crippen molar-refractivity contribution in [2.24, 2.45) is 40.4 Å². The molecule has 2 heteroatoms. The van der Waals surface area contributed by atoms with Crippen LogP contribution in [0, 0.1) is 40.4 Å². The Morgan fingerprint density at radius 3 is 2.52 bits per heavy atom. The number of aliphatic hydroxyl groups excluding tert-OH is 1. The lowest BCUT2D eigenvalue weighted by molar-refractivity contribution is -0.150. The largest absolute Gasteiger partial charge is 0.393 e. The fourth-order valence-corrected chi connectivity index (χ4v) is 9.25. The van der Waals surface area contributed by atoms with Gasteiger partial charge in [-0.2, -0.15) is 0 Å². The highest BCUT2D eigenvalue weighted by Gasteiger charge is 2.63. The van der Waals surface area contributed by atoms with Gasteiger partial charge >= 0.3 is 0 Å². The van der Waals surface area contributed by atoms with Crippen molar-refractivity contribution in [3.63, 3.8) is 0 Å². The number of rotatable bonds is 1. The highest BCUT2D eigenvalue weighted by Crippen LogP contribution is 2.70. The van der Waals surface area contributed by atoms with Gasteiger partial charge in [0.15, 0.2) is 0 Å². The Morgan fingerprint density at radius 2 is 1.68 bits per heavy atom. The molecule has 1 N–H and O–H groups in total. The molecule has 5 aliphatic rings. The van der Waals surface area contributed by atoms with E-state index in [2.05, 4.69) is 6.92 Å². The number of fused-ring (bicyclic) bond motifs is 4. The molecule has 0 bridgehead atoms. The van der Waals surface area contributed by atoms with E-state index >= 15 is 0 Å². The first-order valence-corrected chi connectivity index (χ1v) is 11.3. The molecule has 142 valence electrons. The molecule has 0 saturated heterocycles. The van der Waals surface area contributed by atoms with Crippen LogP contribution < -0.4 is 0 Å². The van der Waals surface area contributed by atoms with Gasteiger partial charge in [0.2, 0.25) is 0 Å². The third kappa shape index (κ3) is 2.29. The van der Waals surface area contributed by atoms with Gasteiger partial charge in [-0.1, -0.05) is 13.3 Å². The standard InChI is InChI=1S/C23H38O2/c1-22-12-9-16(24)14-15(22)5-6-17-18(22)10-13-23-11-3-4-21(25-2)20(23)8-7-19(17)23/h15-21,24H,3-14H2,1-2H3/t15-,16+,17?,18?,19?,20?,21-,22-,23?/m0/s1. The molecule has 0 heterocycles. The SMILES string of the molecule is CO[C@H]1CCCC23CCC4C(CC[C@H]5C[C@H](O)CC[C@]45C)C2CCC13. The molecule has 25 heavy (non-hydrogen) atoms. The highest BCUT2D eigenvalue weighted by atomic mass is 16.5. The Balaban J connectivity index is 1.44. The molecule has 5 aliphatic carbocycles. The number of hydrogen-bond acceptors (Lipinski definition) is 2. The van der Waals surface area contributed by atoms with Crippen LogP contribution in [0.4, 0.5) is 0 Å². The molecule has 0 amide bonds. The van der Waals surface area contributed by atoms with Gasteiger partial charge in [0.25, 0.3) is 0 Å². The van der Waals surface area contributed by atoms with Gasteiger partial charge in [0.05, 0.1) is 12.2 Å². The molecule has 0 aromatic carbocycles. The molecular formula is C23H38O2. The van der Waals surface area contributed by atoms with Crippen molar-refractivity contribution in [2.45, 2.75) is 96.2 Å². The van der Waals surface area contributed by atoms with E-state index in [0.29, 0.717) is 16.9 Å². The first-order chi connectivity index (χ1) is 12.1. The van der Waals surface area contributed by atoms with Crippen LogP contribution in [0.1, 0.15) is 84.0 Å². The minimum atomic E-state index is -0.0128. The van der Waals surface area contributed by atoms with Crippen LogP contribution in [0.2, 0.25) is 0 Å². The van der Waals surface area contributed by atoms with E-state index in [9.17, 15) is 5.11 Å². The van der Waals surface area contributed by atoms with Crippen molar-refractivity contribution in [2.75, 3.05) is 7.11 Å². The monoisotopic (exact) mass is 346 g/mol. The summed E-state index contributed by atoms with van der Waals surface area (Å²) in [6.45, 7) is 2.61. The maximum Gasteiger partial charge on any atom is 0.0604 e. The Labute approximate surface area is 154 Å². The van der Waals surface area contributed by atoms with E-state index in [4.69, 9.17) is 4.74 Å². The highest BCUT2D eigenvalue weighted by molar-refractivity contribution is 5.12. The molecular weight excluding hydrogens is 308 g/mol. The van der Waals surface area contributed by atoms with Gasteiger partial charge in [-0.3, -0.25) is 0 Å². The first kappa shape index (κ1) is 17.0. The second-order valence-corrected chi connectivity index (χ2v) is 10.7. The lowest BCUT2D eigenvalue weighted by Gasteiger charge is -2.62. The third-order valence-corrected chi connectivity index (χ3v) is 10.3. The second kappa shape index (κ2) is 5.96. The zero-order valence-electron chi connectivity index (χ0n) is 16.4. The van der Waals surface area contributed by atoms with Crippen LogP contribution in [0.5, 0.6) is 0 Å². The first-order valence-electron chi connectivity index (χ1n) is 11.3. The van der Waals surface area contributed by atoms with Gasteiger partial charge in [0, 0.05) is 7.11 Å². The fraction of sp³-hybridized carbons (Fsp3) is 1.00. The van der Waals surface area contributed by atoms with Crippen LogP contribution in [-0.4, -0.2) is 24.4 Å². The van der Waals surface area contributed by atoms with Gasteiger partial charge in [-0.25, -0.2) is 0 Å². The molecule has 5 rings (SSSR count). The van der Waals surface area contributed by atoms with Gasteiger partial charge < -0.3 is 9.84 Å². The summed E-state index contributed by atoms with van der Waals surface area (Å²) < 4.78 is 5.97. The van der Waals surface area contributed by atoms with Crippen LogP contribution in [0.3, 0.4) is 0 Å². The van der Waals surface area contributed by atoms with E-state index in [-0.39, 0.29) is 6.10 Å². The normalized spacial score (nSPS) is 58.0. The number of methoxy groups -OCH3 is 1. The lowest BCUT2D eigenvalue weighted by Crippen LogP contribution is -2.56. The molecule has 5 fully saturated rings. The topological polar surface area (TPSA) is 29.5 Å². The third-order valence-electron chi connectivity index (χ3n) is 10.3. The Hall–Kier alpha value is -0.0800. The minimum absolute atomic E-state index is 0.0128. The molecule has 5 saturated carbocycles. The van der Waals surface area contributed by atoms with Gasteiger partial charge in [0.1, 0.15) is 0 Å². The predicted octanol–water partition coefficient (Wildman–Crippen LogP) is 5.19. The van der Waals surface area contributed by atoms with Crippen LogP contribution in [0.25, 0.3) is 0 Å². The lowest BCUT2D eigenvalue weighted by atomic mass is 9.43. The zero-order valence-corrected chi connectivity index (χ0v) is 16.4. The van der Waals surface area contributed by atoms with E-state index in [0.717, 1.165) is 42.4 Å². The number of aliphatic hydroxyl groups is 1. The van der Waals surface area contributed by atoms with E-state index < -0.39 is 0 Å². The van der Waals surface area contributed by atoms with Crippen molar-refractivity contribution in [1.29, 1.82) is 0 Å². The van der Waals surface area contributed by atoms with Crippen LogP contribution >= 0.6 is 0 Å². The Kier molecular flexibility index (Phi) is 4.06. The summed E-state index contributed by atoms with van der Waals surface area (Å²) in [6.07, 6.45) is 16.9. The molecule has 0 aliphatic heterocycles. The van der Waals surface area contributed by atoms with Crippen molar-refractivity contribution < 1.29 is 9.84 Å². The minimum Gasteiger partial charge on any atom is -0.393 e. The summed E-state index contributed by atoms with van der Waals surface area (Å²) in [6, 6.07) is 0. The summed E-state index contributed by atoms with van der Waals surface area (Å²) in [7, 11) is 1.96. The maximum atomic E-state index is 10.2. The molecule has 5 unspecified atom stereocenters. The second-order valence-electron chi connectivity index (χ2n) is 10.7. The molecule has 9 atom stereocenters. The molecule has 0 radical (unpaired) electrons. The zero-order chi connectivity index (χ0) is 17.2. The molecule has 2 nitrogen and oxygen atoms in total. The fourth-order valence-electron chi connectivity index (χ4n) is 9.25. The summed E-state index contributed by atoms with van der Waals surface area (Å²) in [4.78, 5) is 0. The number of hydrogen-bond donors (Lipinski definition) is 1.